The Morgan fingerprint density at radius 2 is 2.31 bits per heavy atom. The third-order valence-electron chi connectivity index (χ3n) is 2.16. The van der Waals surface area contributed by atoms with Crippen molar-refractivity contribution in [3.63, 3.8) is 0 Å². The SMILES string of the molecule is CCCCc1nccn1CCCN. The van der Waals surface area contributed by atoms with Crippen LogP contribution >= 0.6 is 0 Å². The van der Waals surface area contributed by atoms with Crippen LogP contribution in [0.4, 0.5) is 0 Å². The molecule has 1 rings (SSSR count). The Morgan fingerprint density at radius 3 is 3.00 bits per heavy atom. The van der Waals surface area contributed by atoms with Gasteiger partial charge in [0.25, 0.3) is 0 Å². The van der Waals surface area contributed by atoms with Gasteiger partial charge in [0.05, 0.1) is 0 Å². The monoisotopic (exact) mass is 181 g/mol. The Kier molecular flexibility index (Phi) is 4.54. The molecule has 0 atom stereocenters. The Balaban J connectivity index is 2.45. The summed E-state index contributed by atoms with van der Waals surface area (Å²) >= 11 is 0. The second-order valence-corrected chi connectivity index (χ2v) is 3.28. The molecule has 1 aromatic heterocycles. The van der Waals surface area contributed by atoms with E-state index in [0.717, 1.165) is 25.9 Å². The molecule has 13 heavy (non-hydrogen) atoms. The number of nitrogens with two attached hydrogens (primary N) is 1. The highest BCUT2D eigenvalue weighted by Crippen LogP contribution is 2.03. The third-order valence-corrected chi connectivity index (χ3v) is 2.16. The van der Waals surface area contributed by atoms with Crippen LogP contribution in [-0.2, 0) is 13.0 Å². The van der Waals surface area contributed by atoms with Crippen LogP contribution < -0.4 is 5.73 Å². The van der Waals surface area contributed by atoms with E-state index in [2.05, 4.69) is 16.5 Å². The zero-order valence-corrected chi connectivity index (χ0v) is 8.37. The van der Waals surface area contributed by atoms with E-state index in [4.69, 9.17) is 5.73 Å². The molecule has 3 heteroatoms. The Hall–Kier alpha value is -0.830. The summed E-state index contributed by atoms with van der Waals surface area (Å²) in [5.41, 5.74) is 5.46. The molecule has 0 aliphatic heterocycles. The maximum absolute atomic E-state index is 5.46. The maximum Gasteiger partial charge on any atom is 0.108 e. The molecule has 0 unspecified atom stereocenters. The van der Waals surface area contributed by atoms with Gasteiger partial charge in [-0.1, -0.05) is 13.3 Å². The van der Waals surface area contributed by atoms with Crippen molar-refractivity contribution in [2.24, 2.45) is 5.73 Å². The molecule has 0 amide bonds. The second kappa shape index (κ2) is 5.75. The Labute approximate surface area is 80.0 Å². The van der Waals surface area contributed by atoms with E-state index in [9.17, 15) is 0 Å². The highest BCUT2D eigenvalue weighted by molar-refractivity contribution is 4.92. The summed E-state index contributed by atoms with van der Waals surface area (Å²) < 4.78 is 2.21. The lowest BCUT2D eigenvalue weighted by Gasteiger charge is -2.05. The average molecular weight is 181 g/mol. The predicted octanol–water partition coefficient (Wildman–Crippen LogP) is 1.57. The van der Waals surface area contributed by atoms with Crippen LogP contribution in [-0.4, -0.2) is 16.1 Å². The van der Waals surface area contributed by atoms with Gasteiger partial charge in [0.1, 0.15) is 5.82 Å². The van der Waals surface area contributed by atoms with Gasteiger partial charge in [0.15, 0.2) is 0 Å². The molecule has 0 aliphatic carbocycles. The number of hydrogen-bond acceptors (Lipinski definition) is 2. The fourth-order valence-electron chi connectivity index (χ4n) is 1.37. The molecule has 74 valence electrons. The Morgan fingerprint density at radius 1 is 1.46 bits per heavy atom. The number of imidazole rings is 1. The number of nitrogens with zero attached hydrogens (tertiary/aromatic N) is 2. The van der Waals surface area contributed by atoms with E-state index >= 15 is 0 Å². The minimum absolute atomic E-state index is 0.755. The first kappa shape index (κ1) is 10.3. The molecular formula is C10H19N3. The predicted molar refractivity (Wildman–Crippen MR) is 54.5 cm³/mol. The van der Waals surface area contributed by atoms with Gasteiger partial charge in [0.2, 0.25) is 0 Å². The smallest absolute Gasteiger partial charge is 0.108 e. The van der Waals surface area contributed by atoms with E-state index in [1.165, 1.54) is 18.7 Å². The normalized spacial score (nSPS) is 10.6. The first-order valence-electron chi connectivity index (χ1n) is 5.08. The van der Waals surface area contributed by atoms with Crippen molar-refractivity contribution in [2.45, 2.75) is 39.2 Å². The zero-order chi connectivity index (χ0) is 9.52. The van der Waals surface area contributed by atoms with Gasteiger partial charge in [-0.05, 0) is 19.4 Å². The summed E-state index contributed by atoms with van der Waals surface area (Å²) in [6, 6.07) is 0. The lowest BCUT2D eigenvalue weighted by atomic mass is 10.2. The van der Waals surface area contributed by atoms with E-state index in [1.807, 2.05) is 12.4 Å². The van der Waals surface area contributed by atoms with Gasteiger partial charge in [-0.2, -0.15) is 0 Å². The molecule has 0 saturated carbocycles. The molecule has 0 aromatic carbocycles. The van der Waals surface area contributed by atoms with Gasteiger partial charge >= 0.3 is 0 Å². The summed E-state index contributed by atoms with van der Waals surface area (Å²) in [4.78, 5) is 4.33. The molecule has 0 saturated heterocycles. The quantitative estimate of drug-likeness (QED) is 0.724. The summed E-state index contributed by atoms with van der Waals surface area (Å²) in [5, 5.41) is 0. The summed E-state index contributed by atoms with van der Waals surface area (Å²) in [7, 11) is 0. The lowest BCUT2D eigenvalue weighted by molar-refractivity contribution is 0.603. The van der Waals surface area contributed by atoms with Crippen LogP contribution in [0.15, 0.2) is 12.4 Å². The standard InChI is InChI=1S/C10H19N3/c1-2-3-5-10-12-7-9-13(10)8-4-6-11/h7,9H,2-6,8,11H2,1H3. The van der Waals surface area contributed by atoms with Crippen LogP contribution in [0.1, 0.15) is 32.0 Å². The topological polar surface area (TPSA) is 43.8 Å². The summed E-state index contributed by atoms with van der Waals surface area (Å²) in [6.45, 7) is 3.97. The Bertz CT molecular complexity index is 207. The van der Waals surface area contributed by atoms with Crippen molar-refractivity contribution < 1.29 is 0 Å². The van der Waals surface area contributed by atoms with Gasteiger partial charge in [-0.25, -0.2) is 4.98 Å². The van der Waals surface area contributed by atoms with Crippen molar-refractivity contribution >= 4 is 0 Å². The number of hydrogen-bond donors (Lipinski definition) is 1. The minimum atomic E-state index is 0.755. The summed E-state index contributed by atoms with van der Waals surface area (Å²) in [5.74, 6) is 1.20. The summed E-state index contributed by atoms with van der Waals surface area (Å²) in [6.07, 6.45) is 8.50. The van der Waals surface area contributed by atoms with Gasteiger partial charge < -0.3 is 10.3 Å². The van der Waals surface area contributed by atoms with Crippen molar-refractivity contribution in [3.8, 4) is 0 Å². The molecule has 1 heterocycles. The van der Waals surface area contributed by atoms with Gasteiger partial charge in [-0.3, -0.25) is 0 Å². The number of aryl methyl sites for hydroxylation is 2. The van der Waals surface area contributed by atoms with E-state index in [1.54, 1.807) is 0 Å². The minimum Gasteiger partial charge on any atom is -0.335 e. The maximum atomic E-state index is 5.46. The van der Waals surface area contributed by atoms with Crippen LogP contribution in [0.2, 0.25) is 0 Å². The number of unbranched alkanes of at least 4 members (excludes halogenated alkanes) is 1. The first-order chi connectivity index (χ1) is 6.38. The fraction of sp³-hybridized carbons (Fsp3) is 0.700. The highest BCUT2D eigenvalue weighted by atomic mass is 15.1. The van der Waals surface area contributed by atoms with Crippen LogP contribution in [0.5, 0.6) is 0 Å². The molecule has 0 aliphatic rings. The molecular weight excluding hydrogens is 162 g/mol. The fourth-order valence-corrected chi connectivity index (χ4v) is 1.37. The van der Waals surface area contributed by atoms with E-state index < -0.39 is 0 Å². The average Bonchev–Trinajstić information content (AvgIpc) is 2.59. The van der Waals surface area contributed by atoms with E-state index in [-0.39, 0.29) is 0 Å². The van der Waals surface area contributed by atoms with Crippen molar-refractivity contribution in [2.75, 3.05) is 6.54 Å². The third kappa shape index (κ3) is 3.19. The van der Waals surface area contributed by atoms with Crippen LogP contribution in [0.3, 0.4) is 0 Å². The number of aromatic nitrogens is 2. The van der Waals surface area contributed by atoms with Crippen LogP contribution in [0.25, 0.3) is 0 Å². The molecule has 0 radical (unpaired) electrons. The van der Waals surface area contributed by atoms with Gasteiger partial charge in [0, 0.05) is 25.4 Å². The van der Waals surface area contributed by atoms with Gasteiger partial charge in [-0.15, -0.1) is 0 Å². The van der Waals surface area contributed by atoms with Crippen molar-refractivity contribution in [1.29, 1.82) is 0 Å². The van der Waals surface area contributed by atoms with Crippen LogP contribution in [0, 0.1) is 0 Å². The van der Waals surface area contributed by atoms with Crippen molar-refractivity contribution in [1.82, 2.24) is 9.55 Å². The second-order valence-electron chi connectivity index (χ2n) is 3.28. The number of rotatable bonds is 6. The van der Waals surface area contributed by atoms with Crippen molar-refractivity contribution in [3.05, 3.63) is 18.2 Å². The molecule has 1 aromatic rings. The molecule has 3 nitrogen and oxygen atoms in total. The van der Waals surface area contributed by atoms with E-state index in [0.29, 0.717) is 0 Å². The first-order valence-corrected chi connectivity index (χ1v) is 5.08. The molecule has 0 bridgehead atoms. The molecule has 2 N–H and O–H groups in total. The zero-order valence-electron chi connectivity index (χ0n) is 8.37. The highest BCUT2D eigenvalue weighted by Gasteiger charge is 2.00. The lowest BCUT2D eigenvalue weighted by Crippen LogP contribution is -2.08. The largest absolute Gasteiger partial charge is 0.335 e. The molecule has 0 fully saturated rings. The molecule has 0 spiro atoms.